The smallest absolute Gasteiger partial charge is 0.255 e. The average molecular weight is 243 g/mol. The normalized spacial score (nSPS) is 10.9. The SMILES string of the molecule is CC(C)c1cc(C(=O)NCC(F)F)cc(N)n1. The molecule has 0 aliphatic heterocycles. The molecule has 0 saturated carbocycles. The zero-order valence-corrected chi connectivity index (χ0v) is 9.71. The van der Waals surface area contributed by atoms with Crippen LogP contribution in [-0.2, 0) is 0 Å². The number of nitrogen functional groups attached to an aromatic ring is 1. The topological polar surface area (TPSA) is 68.0 Å². The predicted octanol–water partition coefficient (Wildman–Crippen LogP) is 1.78. The van der Waals surface area contributed by atoms with Gasteiger partial charge in [-0.05, 0) is 18.1 Å². The van der Waals surface area contributed by atoms with Crippen LogP contribution in [0.3, 0.4) is 0 Å². The summed E-state index contributed by atoms with van der Waals surface area (Å²) in [7, 11) is 0. The second-order valence-corrected chi connectivity index (χ2v) is 3.96. The molecule has 0 spiro atoms. The van der Waals surface area contributed by atoms with Crippen LogP contribution in [0.1, 0.15) is 35.8 Å². The minimum Gasteiger partial charge on any atom is -0.384 e. The molecular formula is C11H15F2N3O. The number of nitrogens with zero attached hydrogens (tertiary/aromatic N) is 1. The molecule has 1 aromatic rings. The summed E-state index contributed by atoms with van der Waals surface area (Å²) < 4.78 is 23.9. The number of halogens is 2. The number of carbonyl (C=O) groups excluding carboxylic acids is 1. The van der Waals surface area contributed by atoms with E-state index in [0.717, 1.165) is 0 Å². The number of nitrogens with two attached hydrogens (primary N) is 1. The average Bonchev–Trinajstić information content (AvgIpc) is 2.24. The lowest BCUT2D eigenvalue weighted by Crippen LogP contribution is -2.28. The van der Waals surface area contributed by atoms with Crippen molar-refractivity contribution in [3.05, 3.63) is 23.4 Å². The molecule has 0 aliphatic rings. The van der Waals surface area contributed by atoms with Crippen molar-refractivity contribution in [1.29, 1.82) is 0 Å². The van der Waals surface area contributed by atoms with Crippen molar-refractivity contribution >= 4 is 11.7 Å². The molecule has 6 heteroatoms. The molecule has 4 nitrogen and oxygen atoms in total. The molecule has 0 bridgehead atoms. The fraction of sp³-hybridized carbons (Fsp3) is 0.455. The second-order valence-electron chi connectivity index (χ2n) is 3.96. The fourth-order valence-electron chi connectivity index (χ4n) is 1.27. The predicted molar refractivity (Wildman–Crippen MR) is 61.1 cm³/mol. The van der Waals surface area contributed by atoms with Gasteiger partial charge in [0.25, 0.3) is 12.3 Å². The van der Waals surface area contributed by atoms with E-state index < -0.39 is 18.9 Å². The van der Waals surface area contributed by atoms with Gasteiger partial charge in [-0.3, -0.25) is 4.79 Å². The number of pyridine rings is 1. The van der Waals surface area contributed by atoms with E-state index in [1.165, 1.54) is 6.07 Å². The first kappa shape index (κ1) is 13.3. The highest BCUT2D eigenvalue weighted by atomic mass is 19.3. The van der Waals surface area contributed by atoms with E-state index in [1.807, 2.05) is 13.8 Å². The van der Waals surface area contributed by atoms with Crippen LogP contribution in [0.15, 0.2) is 12.1 Å². The number of hydrogen-bond acceptors (Lipinski definition) is 3. The van der Waals surface area contributed by atoms with Gasteiger partial charge in [-0.2, -0.15) is 0 Å². The van der Waals surface area contributed by atoms with E-state index in [9.17, 15) is 13.6 Å². The van der Waals surface area contributed by atoms with Crippen molar-refractivity contribution in [2.45, 2.75) is 26.2 Å². The quantitative estimate of drug-likeness (QED) is 0.847. The molecule has 94 valence electrons. The highest BCUT2D eigenvalue weighted by Crippen LogP contribution is 2.15. The van der Waals surface area contributed by atoms with Gasteiger partial charge in [-0.1, -0.05) is 13.8 Å². The Bertz CT molecular complexity index is 408. The third kappa shape index (κ3) is 3.97. The Labute approximate surface area is 98.2 Å². The lowest BCUT2D eigenvalue weighted by molar-refractivity contribution is 0.0891. The largest absolute Gasteiger partial charge is 0.384 e. The summed E-state index contributed by atoms with van der Waals surface area (Å²) in [6.07, 6.45) is -2.57. The Balaban J connectivity index is 2.86. The lowest BCUT2D eigenvalue weighted by atomic mass is 10.1. The van der Waals surface area contributed by atoms with Crippen LogP contribution in [0.25, 0.3) is 0 Å². The Morgan fingerprint density at radius 2 is 2.12 bits per heavy atom. The third-order valence-corrected chi connectivity index (χ3v) is 2.14. The molecule has 1 aromatic heterocycles. The maximum Gasteiger partial charge on any atom is 0.255 e. The van der Waals surface area contributed by atoms with E-state index in [-0.39, 0.29) is 17.3 Å². The molecule has 3 N–H and O–H groups in total. The highest BCUT2D eigenvalue weighted by molar-refractivity contribution is 5.94. The van der Waals surface area contributed by atoms with Gasteiger partial charge in [-0.15, -0.1) is 0 Å². The molecular weight excluding hydrogens is 228 g/mol. The van der Waals surface area contributed by atoms with Crippen LogP contribution >= 0.6 is 0 Å². The van der Waals surface area contributed by atoms with Gasteiger partial charge in [0, 0.05) is 11.3 Å². The van der Waals surface area contributed by atoms with Gasteiger partial charge in [0.15, 0.2) is 0 Å². The van der Waals surface area contributed by atoms with E-state index >= 15 is 0 Å². The molecule has 1 amide bonds. The molecule has 0 radical (unpaired) electrons. The van der Waals surface area contributed by atoms with Gasteiger partial charge < -0.3 is 11.1 Å². The van der Waals surface area contributed by atoms with Gasteiger partial charge in [0.05, 0.1) is 6.54 Å². The van der Waals surface area contributed by atoms with Crippen LogP contribution in [0.4, 0.5) is 14.6 Å². The fourth-order valence-corrected chi connectivity index (χ4v) is 1.27. The van der Waals surface area contributed by atoms with E-state index in [4.69, 9.17) is 5.73 Å². The first-order chi connectivity index (χ1) is 7.90. The number of aromatic nitrogens is 1. The number of hydrogen-bond donors (Lipinski definition) is 2. The Kier molecular flexibility index (Phi) is 4.37. The molecule has 0 unspecified atom stereocenters. The van der Waals surface area contributed by atoms with Gasteiger partial charge in [-0.25, -0.2) is 13.8 Å². The summed E-state index contributed by atoms with van der Waals surface area (Å²) in [6, 6.07) is 2.93. The number of alkyl halides is 2. The number of carbonyl (C=O) groups is 1. The van der Waals surface area contributed by atoms with Crippen LogP contribution in [0, 0.1) is 0 Å². The molecule has 1 rings (SSSR count). The lowest BCUT2D eigenvalue weighted by Gasteiger charge is -2.09. The maximum absolute atomic E-state index is 11.9. The van der Waals surface area contributed by atoms with Gasteiger partial charge in [0.2, 0.25) is 0 Å². The van der Waals surface area contributed by atoms with Crippen molar-refractivity contribution in [3.8, 4) is 0 Å². The zero-order valence-electron chi connectivity index (χ0n) is 9.71. The van der Waals surface area contributed by atoms with Crippen molar-refractivity contribution in [1.82, 2.24) is 10.3 Å². The Morgan fingerprint density at radius 1 is 1.47 bits per heavy atom. The van der Waals surface area contributed by atoms with E-state index in [2.05, 4.69) is 10.3 Å². The van der Waals surface area contributed by atoms with Crippen LogP contribution in [0.5, 0.6) is 0 Å². The molecule has 0 fully saturated rings. The van der Waals surface area contributed by atoms with Crippen molar-refractivity contribution in [3.63, 3.8) is 0 Å². The summed E-state index contributed by atoms with van der Waals surface area (Å²) in [6.45, 7) is 3.14. The Hall–Kier alpha value is -1.72. The standard InChI is InChI=1S/C11H15F2N3O/c1-6(2)8-3-7(4-10(14)16-8)11(17)15-5-9(12)13/h3-4,6,9H,5H2,1-2H3,(H2,14,16)(H,15,17). The molecule has 0 saturated heterocycles. The summed E-state index contributed by atoms with van der Waals surface area (Å²) in [4.78, 5) is 15.6. The first-order valence-corrected chi connectivity index (χ1v) is 5.24. The van der Waals surface area contributed by atoms with Crippen LogP contribution in [0.2, 0.25) is 0 Å². The number of nitrogens with one attached hydrogen (secondary N) is 1. The molecule has 0 aliphatic carbocycles. The Morgan fingerprint density at radius 3 is 2.65 bits per heavy atom. The third-order valence-electron chi connectivity index (χ3n) is 2.14. The van der Waals surface area contributed by atoms with Gasteiger partial charge >= 0.3 is 0 Å². The minimum absolute atomic E-state index is 0.111. The maximum atomic E-state index is 11.9. The van der Waals surface area contributed by atoms with Crippen molar-refractivity contribution < 1.29 is 13.6 Å². The van der Waals surface area contributed by atoms with E-state index in [0.29, 0.717) is 5.69 Å². The summed E-state index contributed by atoms with van der Waals surface area (Å²) in [5.74, 6) is -0.250. The molecule has 1 heterocycles. The minimum atomic E-state index is -2.57. The van der Waals surface area contributed by atoms with E-state index in [1.54, 1.807) is 6.07 Å². The number of amides is 1. The van der Waals surface area contributed by atoms with Crippen LogP contribution in [-0.4, -0.2) is 23.9 Å². The summed E-state index contributed by atoms with van der Waals surface area (Å²) >= 11 is 0. The molecule has 0 atom stereocenters. The first-order valence-electron chi connectivity index (χ1n) is 5.24. The molecule has 17 heavy (non-hydrogen) atoms. The van der Waals surface area contributed by atoms with Crippen LogP contribution < -0.4 is 11.1 Å². The monoisotopic (exact) mass is 243 g/mol. The number of anilines is 1. The van der Waals surface area contributed by atoms with Crippen molar-refractivity contribution in [2.24, 2.45) is 0 Å². The molecule has 0 aromatic carbocycles. The summed E-state index contributed by atoms with van der Waals surface area (Å²) in [5, 5.41) is 2.12. The summed E-state index contributed by atoms with van der Waals surface area (Å²) in [5.41, 5.74) is 6.46. The highest BCUT2D eigenvalue weighted by Gasteiger charge is 2.12. The second kappa shape index (κ2) is 5.56. The number of rotatable bonds is 4. The van der Waals surface area contributed by atoms with Gasteiger partial charge in [0.1, 0.15) is 5.82 Å². The zero-order chi connectivity index (χ0) is 13.0. The van der Waals surface area contributed by atoms with Crippen molar-refractivity contribution in [2.75, 3.05) is 12.3 Å².